The SMILES string of the molecule is O=CC1CN(S(=O)(=O)CCc2ccc(Cl)s2)CCN1Cc1cc2cnccc2[nH]1. The van der Waals surface area contributed by atoms with Crippen molar-refractivity contribution in [2.75, 3.05) is 25.4 Å². The Morgan fingerprint density at radius 1 is 1.31 bits per heavy atom. The highest BCUT2D eigenvalue weighted by Gasteiger charge is 2.33. The lowest BCUT2D eigenvalue weighted by Gasteiger charge is -2.38. The minimum atomic E-state index is -3.44. The van der Waals surface area contributed by atoms with Crippen molar-refractivity contribution in [3.05, 3.63) is 51.6 Å². The molecule has 1 aliphatic heterocycles. The number of sulfonamides is 1. The van der Waals surface area contributed by atoms with Crippen LogP contribution in [-0.2, 0) is 27.8 Å². The van der Waals surface area contributed by atoms with Gasteiger partial charge in [-0.15, -0.1) is 11.3 Å². The quantitative estimate of drug-likeness (QED) is 0.557. The molecule has 7 nitrogen and oxygen atoms in total. The molecule has 1 unspecified atom stereocenters. The highest BCUT2D eigenvalue weighted by Crippen LogP contribution is 2.23. The molecular formula is C19H21ClN4O3S2. The Balaban J connectivity index is 1.40. The zero-order chi connectivity index (χ0) is 20.4. The Hall–Kier alpha value is -1.78. The van der Waals surface area contributed by atoms with E-state index in [1.165, 1.54) is 15.6 Å². The number of rotatable bonds is 7. The van der Waals surface area contributed by atoms with E-state index in [9.17, 15) is 13.2 Å². The Kier molecular flexibility index (Phi) is 6.03. The summed E-state index contributed by atoms with van der Waals surface area (Å²) >= 11 is 7.31. The fourth-order valence-corrected chi connectivity index (χ4v) is 6.27. The number of H-pyrrole nitrogens is 1. The second-order valence-electron chi connectivity index (χ2n) is 7.06. The van der Waals surface area contributed by atoms with Crippen molar-refractivity contribution in [2.24, 2.45) is 0 Å². The van der Waals surface area contributed by atoms with Gasteiger partial charge in [0.15, 0.2) is 0 Å². The molecule has 1 aliphatic rings. The molecule has 10 heteroatoms. The van der Waals surface area contributed by atoms with E-state index >= 15 is 0 Å². The van der Waals surface area contributed by atoms with Gasteiger partial charge in [0.2, 0.25) is 10.0 Å². The van der Waals surface area contributed by atoms with Crippen LogP contribution in [0.4, 0.5) is 0 Å². The molecule has 0 spiro atoms. The van der Waals surface area contributed by atoms with E-state index in [1.807, 2.05) is 23.1 Å². The van der Waals surface area contributed by atoms with Crippen molar-refractivity contribution in [3.8, 4) is 0 Å². The minimum Gasteiger partial charge on any atom is -0.357 e. The summed E-state index contributed by atoms with van der Waals surface area (Å²) in [6.45, 7) is 1.61. The van der Waals surface area contributed by atoms with Gasteiger partial charge in [0.05, 0.1) is 16.1 Å². The highest BCUT2D eigenvalue weighted by molar-refractivity contribution is 7.89. The molecule has 0 radical (unpaired) electrons. The average Bonchev–Trinajstić information content (AvgIpc) is 3.31. The summed E-state index contributed by atoms with van der Waals surface area (Å²) in [4.78, 5) is 22.1. The molecule has 1 N–H and O–H groups in total. The van der Waals surface area contributed by atoms with Crippen molar-refractivity contribution in [1.29, 1.82) is 0 Å². The fraction of sp³-hybridized carbons (Fsp3) is 0.368. The number of carbonyl (C=O) groups excluding carboxylic acids is 1. The first-order valence-corrected chi connectivity index (χ1v) is 12.1. The van der Waals surface area contributed by atoms with Crippen LogP contribution >= 0.6 is 22.9 Å². The van der Waals surface area contributed by atoms with Gasteiger partial charge in [-0.2, -0.15) is 4.31 Å². The third-order valence-electron chi connectivity index (χ3n) is 5.13. The third kappa shape index (κ3) is 4.70. The Labute approximate surface area is 178 Å². The lowest BCUT2D eigenvalue weighted by Crippen LogP contribution is -2.55. The van der Waals surface area contributed by atoms with Crippen LogP contribution in [0.15, 0.2) is 36.7 Å². The summed E-state index contributed by atoms with van der Waals surface area (Å²) in [5, 5.41) is 1.01. The lowest BCUT2D eigenvalue weighted by atomic mass is 10.2. The number of nitrogens with one attached hydrogen (secondary N) is 1. The van der Waals surface area contributed by atoms with Crippen molar-refractivity contribution < 1.29 is 13.2 Å². The predicted octanol–water partition coefficient (Wildman–Crippen LogP) is 2.54. The number of halogens is 1. The largest absolute Gasteiger partial charge is 0.357 e. The molecular weight excluding hydrogens is 432 g/mol. The summed E-state index contributed by atoms with van der Waals surface area (Å²) in [6.07, 6.45) is 4.78. The summed E-state index contributed by atoms with van der Waals surface area (Å²) in [5.41, 5.74) is 1.97. The van der Waals surface area contributed by atoms with Gasteiger partial charge in [-0.05, 0) is 30.7 Å². The van der Waals surface area contributed by atoms with Crippen LogP contribution in [0.5, 0.6) is 0 Å². The van der Waals surface area contributed by atoms with Crippen molar-refractivity contribution in [3.63, 3.8) is 0 Å². The first-order chi connectivity index (χ1) is 13.9. The molecule has 3 aromatic rings. The zero-order valence-electron chi connectivity index (χ0n) is 15.6. The summed E-state index contributed by atoms with van der Waals surface area (Å²) in [5.74, 6) is 0.0183. The van der Waals surface area contributed by atoms with Gasteiger partial charge in [-0.1, -0.05) is 11.6 Å². The Morgan fingerprint density at radius 3 is 2.90 bits per heavy atom. The fourth-order valence-electron chi connectivity index (χ4n) is 3.58. The van der Waals surface area contributed by atoms with Gasteiger partial charge >= 0.3 is 0 Å². The monoisotopic (exact) mass is 452 g/mol. The van der Waals surface area contributed by atoms with Gasteiger partial charge in [0, 0.05) is 60.0 Å². The summed E-state index contributed by atoms with van der Waals surface area (Å²) in [7, 11) is -3.44. The highest BCUT2D eigenvalue weighted by atomic mass is 35.5. The number of carbonyl (C=O) groups is 1. The Morgan fingerprint density at radius 2 is 2.17 bits per heavy atom. The molecule has 0 aromatic carbocycles. The average molecular weight is 453 g/mol. The van der Waals surface area contributed by atoms with Gasteiger partial charge in [-0.25, -0.2) is 8.42 Å². The topological polar surface area (TPSA) is 86.4 Å². The number of hydrogen-bond donors (Lipinski definition) is 1. The molecule has 4 heterocycles. The molecule has 0 saturated carbocycles. The normalized spacial score (nSPS) is 19.0. The number of nitrogens with zero attached hydrogens (tertiary/aromatic N) is 3. The third-order valence-corrected chi connectivity index (χ3v) is 8.26. The maximum Gasteiger partial charge on any atom is 0.214 e. The van der Waals surface area contributed by atoms with Crippen LogP contribution < -0.4 is 0 Å². The predicted molar refractivity (Wildman–Crippen MR) is 115 cm³/mol. The van der Waals surface area contributed by atoms with E-state index in [-0.39, 0.29) is 12.3 Å². The van der Waals surface area contributed by atoms with Gasteiger partial charge < -0.3 is 9.78 Å². The number of fused-ring (bicyclic) bond motifs is 1. The number of piperazine rings is 1. The van der Waals surface area contributed by atoms with Gasteiger partial charge in [0.25, 0.3) is 0 Å². The second-order valence-corrected chi connectivity index (χ2v) is 10.9. The van der Waals surface area contributed by atoms with Crippen LogP contribution in [-0.4, -0.2) is 65.3 Å². The van der Waals surface area contributed by atoms with Crippen LogP contribution in [0.2, 0.25) is 4.34 Å². The van der Waals surface area contributed by atoms with E-state index in [1.54, 1.807) is 18.5 Å². The van der Waals surface area contributed by atoms with E-state index in [4.69, 9.17) is 11.6 Å². The molecule has 29 heavy (non-hydrogen) atoms. The number of aromatic amines is 1. The number of aldehydes is 1. The zero-order valence-corrected chi connectivity index (χ0v) is 18.0. The van der Waals surface area contributed by atoms with E-state index < -0.39 is 16.1 Å². The Bertz CT molecular complexity index is 1080. The van der Waals surface area contributed by atoms with E-state index in [2.05, 4.69) is 9.97 Å². The summed E-state index contributed by atoms with van der Waals surface area (Å²) < 4.78 is 27.6. The first kappa shape index (κ1) is 20.5. The first-order valence-electron chi connectivity index (χ1n) is 9.27. The summed E-state index contributed by atoms with van der Waals surface area (Å²) in [6, 6.07) is 7.07. The molecule has 1 atom stereocenters. The molecule has 1 saturated heterocycles. The number of thiophene rings is 1. The van der Waals surface area contributed by atoms with Crippen LogP contribution in [0.3, 0.4) is 0 Å². The molecule has 0 aliphatic carbocycles. The van der Waals surface area contributed by atoms with Crippen molar-refractivity contribution in [1.82, 2.24) is 19.2 Å². The van der Waals surface area contributed by atoms with Gasteiger partial charge in [0.1, 0.15) is 6.29 Å². The number of aryl methyl sites for hydroxylation is 1. The minimum absolute atomic E-state index is 0.0183. The molecule has 154 valence electrons. The lowest BCUT2D eigenvalue weighted by molar-refractivity contribution is -0.114. The molecule has 4 rings (SSSR count). The van der Waals surface area contributed by atoms with E-state index in [0.717, 1.165) is 27.8 Å². The van der Waals surface area contributed by atoms with Gasteiger partial charge in [-0.3, -0.25) is 9.88 Å². The second kappa shape index (κ2) is 8.53. The molecule has 1 fully saturated rings. The molecule has 0 amide bonds. The number of pyridine rings is 1. The smallest absolute Gasteiger partial charge is 0.214 e. The van der Waals surface area contributed by atoms with Crippen LogP contribution in [0, 0.1) is 0 Å². The number of hydrogen-bond acceptors (Lipinski definition) is 6. The maximum atomic E-state index is 12.8. The molecule has 3 aromatic heterocycles. The van der Waals surface area contributed by atoms with Crippen molar-refractivity contribution >= 4 is 50.2 Å². The van der Waals surface area contributed by atoms with Crippen molar-refractivity contribution in [2.45, 2.75) is 19.0 Å². The van der Waals surface area contributed by atoms with Crippen LogP contribution in [0.25, 0.3) is 10.9 Å². The number of aromatic nitrogens is 2. The standard InChI is InChI=1S/C19H21ClN4O3S2/c20-19-2-1-17(28-19)4-8-29(26,27)24-7-6-23(16(12-24)13-25)11-15-9-14-10-21-5-3-18(14)22-15/h1-3,5,9-10,13,16,22H,4,6-8,11-12H2. The maximum absolute atomic E-state index is 12.8. The van der Waals surface area contributed by atoms with E-state index in [0.29, 0.717) is 30.4 Å². The van der Waals surface area contributed by atoms with Crippen LogP contribution in [0.1, 0.15) is 10.6 Å². The molecule has 0 bridgehead atoms.